The van der Waals surface area contributed by atoms with Crippen LogP contribution >= 0.6 is 15.9 Å². The van der Waals surface area contributed by atoms with Gasteiger partial charge in [0.2, 0.25) is 0 Å². The van der Waals surface area contributed by atoms with E-state index < -0.39 is 0 Å². The summed E-state index contributed by atoms with van der Waals surface area (Å²) in [5.41, 5.74) is 1.06. The zero-order valence-corrected chi connectivity index (χ0v) is 8.99. The number of halogens is 1. The number of hydrogen-bond acceptors (Lipinski definition) is 3. The Morgan fingerprint density at radius 1 is 1.29 bits per heavy atom. The first kappa shape index (κ1) is 9.27. The third-order valence-electron chi connectivity index (χ3n) is 1.79. The van der Waals surface area contributed by atoms with E-state index >= 15 is 0 Å². The molecule has 1 aromatic carbocycles. The Labute approximate surface area is 90.3 Å². The van der Waals surface area contributed by atoms with Crippen molar-refractivity contribution in [3.05, 3.63) is 47.1 Å². The highest BCUT2D eigenvalue weighted by molar-refractivity contribution is 9.10. The SMILES string of the molecule is Brc1ccc(NCc2cnco2)cc1. The minimum atomic E-state index is 0.654. The summed E-state index contributed by atoms with van der Waals surface area (Å²) in [6.45, 7) is 0.654. The minimum absolute atomic E-state index is 0.654. The second kappa shape index (κ2) is 4.28. The highest BCUT2D eigenvalue weighted by Gasteiger charge is 1.96. The number of oxazole rings is 1. The van der Waals surface area contributed by atoms with E-state index in [-0.39, 0.29) is 0 Å². The Bertz CT molecular complexity index is 383. The smallest absolute Gasteiger partial charge is 0.180 e. The molecule has 0 bridgehead atoms. The van der Waals surface area contributed by atoms with E-state index in [0.29, 0.717) is 6.54 Å². The summed E-state index contributed by atoms with van der Waals surface area (Å²) in [7, 11) is 0. The van der Waals surface area contributed by atoms with Crippen molar-refractivity contribution in [3.8, 4) is 0 Å². The van der Waals surface area contributed by atoms with Crippen LogP contribution in [-0.2, 0) is 6.54 Å². The summed E-state index contributed by atoms with van der Waals surface area (Å²) in [6.07, 6.45) is 3.13. The molecule has 2 aromatic rings. The van der Waals surface area contributed by atoms with Crippen LogP contribution in [0, 0.1) is 0 Å². The van der Waals surface area contributed by atoms with Crippen molar-refractivity contribution in [1.29, 1.82) is 0 Å². The number of nitrogens with zero attached hydrogens (tertiary/aromatic N) is 1. The molecule has 0 atom stereocenters. The molecule has 0 aliphatic heterocycles. The van der Waals surface area contributed by atoms with Crippen LogP contribution in [0.5, 0.6) is 0 Å². The van der Waals surface area contributed by atoms with Gasteiger partial charge >= 0.3 is 0 Å². The van der Waals surface area contributed by atoms with Crippen molar-refractivity contribution in [2.75, 3.05) is 5.32 Å². The van der Waals surface area contributed by atoms with E-state index in [9.17, 15) is 0 Å². The van der Waals surface area contributed by atoms with Crippen LogP contribution in [0.4, 0.5) is 5.69 Å². The standard InChI is InChI=1S/C10H9BrN2O/c11-8-1-3-9(4-2-8)13-6-10-5-12-7-14-10/h1-5,7,13H,6H2. The van der Waals surface area contributed by atoms with Gasteiger partial charge in [0.15, 0.2) is 6.39 Å². The van der Waals surface area contributed by atoms with E-state index in [0.717, 1.165) is 15.9 Å². The van der Waals surface area contributed by atoms with Crippen LogP contribution < -0.4 is 5.32 Å². The summed E-state index contributed by atoms with van der Waals surface area (Å²) in [4.78, 5) is 3.83. The second-order valence-electron chi connectivity index (χ2n) is 2.83. The molecule has 0 spiro atoms. The van der Waals surface area contributed by atoms with Gasteiger partial charge in [0.25, 0.3) is 0 Å². The molecule has 0 amide bonds. The number of nitrogens with one attached hydrogen (secondary N) is 1. The van der Waals surface area contributed by atoms with Gasteiger partial charge in [-0.2, -0.15) is 0 Å². The van der Waals surface area contributed by atoms with Gasteiger partial charge in [0.1, 0.15) is 5.76 Å². The lowest BCUT2D eigenvalue weighted by Crippen LogP contribution is -1.97. The molecule has 1 aromatic heterocycles. The molecule has 72 valence electrons. The average molecular weight is 253 g/mol. The quantitative estimate of drug-likeness (QED) is 0.913. The molecule has 1 heterocycles. The van der Waals surface area contributed by atoms with E-state index in [1.54, 1.807) is 6.20 Å². The number of rotatable bonds is 3. The number of aromatic nitrogens is 1. The molecule has 0 aliphatic rings. The van der Waals surface area contributed by atoms with Crippen molar-refractivity contribution >= 4 is 21.6 Å². The summed E-state index contributed by atoms with van der Waals surface area (Å²) in [5, 5.41) is 3.22. The van der Waals surface area contributed by atoms with Gasteiger partial charge in [0, 0.05) is 10.2 Å². The predicted molar refractivity (Wildman–Crippen MR) is 58.0 cm³/mol. The Morgan fingerprint density at radius 2 is 2.07 bits per heavy atom. The fourth-order valence-corrected chi connectivity index (χ4v) is 1.35. The summed E-state index contributed by atoms with van der Waals surface area (Å²) >= 11 is 3.38. The average Bonchev–Trinajstić information content (AvgIpc) is 2.70. The van der Waals surface area contributed by atoms with Gasteiger partial charge < -0.3 is 9.73 Å². The molecule has 0 fully saturated rings. The van der Waals surface area contributed by atoms with Gasteiger partial charge in [-0.15, -0.1) is 0 Å². The third kappa shape index (κ3) is 2.35. The van der Waals surface area contributed by atoms with Crippen LogP contribution in [0.15, 0.2) is 45.7 Å². The van der Waals surface area contributed by atoms with Crippen molar-refractivity contribution in [2.24, 2.45) is 0 Å². The first-order valence-electron chi connectivity index (χ1n) is 4.21. The molecule has 0 saturated carbocycles. The van der Waals surface area contributed by atoms with Gasteiger partial charge in [0.05, 0.1) is 12.7 Å². The van der Waals surface area contributed by atoms with Crippen molar-refractivity contribution < 1.29 is 4.42 Å². The monoisotopic (exact) mass is 252 g/mol. The highest BCUT2D eigenvalue weighted by atomic mass is 79.9. The largest absolute Gasteiger partial charge is 0.447 e. The normalized spacial score (nSPS) is 10.1. The fraction of sp³-hybridized carbons (Fsp3) is 0.100. The lowest BCUT2D eigenvalue weighted by atomic mass is 10.3. The maximum absolute atomic E-state index is 5.10. The van der Waals surface area contributed by atoms with Gasteiger partial charge in [-0.1, -0.05) is 15.9 Å². The van der Waals surface area contributed by atoms with Gasteiger partial charge in [-0.3, -0.25) is 0 Å². The van der Waals surface area contributed by atoms with Gasteiger partial charge in [-0.25, -0.2) is 4.98 Å². The molecule has 1 N–H and O–H groups in total. The zero-order valence-electron chi connectivity index (χ0n) is 7.40. The zero-order chi connectivity index (χ0) is 9.80. The maximum atomic E-state index is 5.10. The lowest BCUT2D eigenvalue weighted by molar-refractivity contribution is 0.512. The number of hydrogen-bond donors (Lipinski definition) is 1. The number of anilines is 1. The molecule has 0 aliphatic carbocycles. The molecule has 0 saturated heterocycles. The second-order valence-corrected chi connectivity index (χ2v) is 3.74. The molecule has 0 unspecified atom stereocenters. The third-order valence-corrected chi connectivity index (χ3v) is 2.32. The summed E-state index contributed by atoms with van der Waals surface area (Å²) in [5.74, 6) is 0.827. The van der Waals surface area contributed by atoms with Crippen molar-refractivity contribution in [1.82, 2.24) is 4.98 Å². The van der Waals surface area contributed by atoms with Crippen LogP contribution in [-0.4, -0.2) is 4.98 Å². The number of benzene rings is 1. The van der Waals surface area contributed by atoms with E-state index in [1.807, 2.05) is 24.3 Å². The molecule has 14 heavy (non-hydrogen) atoms. The Balaban J connectivity index is 1.95. The summed E-state index contributed by atoms with van der Waals surface area (Å²) < 4.78 is 6.17. The first-order chi connectivity index (χ1) is 6.84. The highest BCUT2D eigenvalue weighted by Crippen LogP contribution is 2.14. The van der Waals surface area contributed by atoms with Gasteiger partial charge in [-0.05, 0) is 24.3 Å². The van der Waals surface area contributed by atoms with Crippen LogP contribution in [0.25, 0.3) is 0 Å². The first-order valence-corrected chi connectivity index (χ1v) is 5.01. The molecule has 4 heteroatoms. The Kier molecular flexibility index (Phi) is 2.84. The Hall–Kier alpha value is -1.29. The van der Waals surface area contributed by atoms with Crippen LogP contribution in [0.2, 0.25) is 0 Å². The minimum Gasteiger partial charge on any atom is -0.447 e. The van der Waals surface area contributed by atoms with E-state index in [2.05, 4.69) is 26.2 Å². The Morgan fingerprint density at radius 3 is 2.71 bits per heavy atom. The molecule has 2 rings (SSSR count). The maximum Gasteiger partial charge on any atom is 0.180 e. The predicted octanol–water partition coefficient (Wildman–Crippen LogP) is 3.05. The molecule has 3 nitrogen and oxygen atoms in total. The van der Waals surface area contributed by atoms with E-state index in [1.165, 1.54) is 6.39 Å². The molecular formula is C10H9BrN2O. The lowest BCUT2D eigenvalue weighted by Gasteiger charge is -2.03. The molecule has 0 radical (unpaired) electrons. The van der Waals surface area contributed by atoms with Crippen LogP contribution in [0.1, 0.15) is 5.76 Å². The van der Waals surface area contributed by atoms with Crippen LogP contribution in [0.3, 0.4) is 0 Å². The molecular weight excluding hydrogens is 244 g/mol. The fourth-order valence-electron chi connectivity index (χ4n) is 1.09. The van der Waals surface area contributed by atoms with Crippen molar-refractivity contribution in [3.63, 3.8) is 0 Å². The van der Waals surface area contributed by atoms with Crippen molar-refractivity contribution in [2.45, 2.75) is 6.54 Å². The van der Waals surface area contributed by atoms with E-state index in [4.69, 9.17) is 4.42 Å². The topological polar surface area (TPSA) is 38.1 Å². The summed E-state index contributed by atoms with van der Waals surface area (Å²) in [6, 6.07) is 7.98.